The van der Waals surface area contributed by atoms with Crippen LogP contribution in [0.3, 0.4) is 0 Å². The van der Waals surface area contributed by atoms with Crippen LogP contribution < -0.4 is 5.73 Å². The van der Waals surface area contributed by atoms with Crippen LogP contribution in [0.4, 0.5) is 5.88 Å². The molecule has 1 aliphatic rings. The Hall–Kier alpha value is -1.42. The first-order valence-electron chi connectivity index (χ1n) is 5.25. The van der Waals surface area contributed by atoms with Gasteiger partial charge in [-0.25, -0.2) is 0 Å². The molecule has 1 aromatic heterocycles. The van der Waals surface area contributed by atoms with E-state index < -0.39 is 0 Å². The lowest BCUT2D eigenvalue weighted by molar-refractivity contribution is 0.436. The van der Waals surface area contributed by atoms with Crippen LogP contribution in [0.15, 0.2) is 33.8 Å². The Labute approximate surface area is 98.0 Å². The molecule has 0 saturated heterocycles. The SMILES string of the molecule is CC1Cc2c(cccc2-c2cnoc2N)S1. The van der Waals surface area contributed by atoms with E-state index in [1.54, 1.807) is 6.20 Å². The van der Waals surface area contributed by atoms with Crippen LogP contribution in [0.25, 0.3) is 11.1 Å². The van der Waals surface area contributed by atoms with E-state index in [1.165, 1.54) is 10.5 Å². The third-order valence-corrected chi connectivity index (χ3v) is 4.05. The molecule has 1 unspecified atom stereocenters. The van der Waals surface area contributed by atoms with Gasteiger partial charge in [-0.3, -0.25) is 0 Å². The Kier molecular flexibility index (Phi) is 2.17. The standard InChI is InChI=1S/C12H12N2OS/c1-7-5-9-8(3-2-4-11(9)16-7)10-6-14-15-12(10)13/h2-4,6-7H,5,13H2,1H3. The van der Waals surface area contributed by atoms with Gasteiger partial charge in [0, 0.05) is 10.1 Å². The molecule has 0 saturated carbocycles. The first kappa shape index (κ1) is 9.78. The maximum Gasteiger partial charge on any atom is 0.229 e. The average Bonchev–Trinajstić information content (AvgIpc) is 2.82. The molecule has 2 aromatic rings. The van der Waals surface area contributed by atoms with E-state index in [2.05, 4.69) is 30.3 Å². The number of nitrogens with two attached hydrogens (primary N) is 1. The Morgan fingerprint density at radius 1 is 1.44 bits per heavy atom. The van der Waals surface area contributed by atoms with Crippen molar-refractivity contribution in [1.82, 2.24) is 5.16 Å². The van der Waals surface area contributed by atoms with Crippen molar-refractivity contribution in [3.8, 4) is 11.1 Å². The number of anilines is 1. The number of fused-ring (bicyclic) bond motifs is 1. The average molecular weight is 232 g/mol. The highest BCUT2D eigenvalue weighted by atomic mass is 32.2. The molecular formula is C12H12N2OS. The molecule has 0 fully saturated rings. The summed E-state index contributed by atoms with van der Waals surface area (Å²) in [5, 5.41) is 4.37. The number of aromatic nitrogens is 1. The lowest BCUT2D eigenvalue weighted by Gasteiger charge is -2.05. The number of hydrogen-bond acceptors (Lipinski definition) is 4. The maximum absolute atomic E-state index is 5.77. The Morgan fingerprint density at radius 3 is 3.06 bits per heavy atom. The summed E-state index contributed by atoms with van der Waals surface area (Å²) in [6, 6.07) is 6.31. The quantitative estimate of drug-likeness (QED) is 0.821. The summed E-state index contributed by atoms with van der Waals surface area (Å²) >= 11 is 1.92. The fraction of sp³-hybridized carbons (Fsp3) is 0.250. The second-order valence-corrected chi connectivity index (χ2v) is 5.50. The zero-order valence-corrected chi connectivity index (χ0v) is 9.75. The van der Waals surface area contributed by atoms with Crippen molar-refractivity contribution in [2.75, 3.05) is 5.73 Å². The first-order chi connectivity index (χ1) is 7.75. The third-order valence-electron chi connectivity index (χ3n) is 2.84. The van der Waals surface area contributed by atoms with Crippen molar-refractivity contribution in [3.05, 3.63) is 30.0 Å². The lowest BCUT2D eigenvalue weighted by atomic mass is 9.99. The van der Waals surface area contributed by atoms with Crippen LogP contribution in [0.5, 0.6) is 0 Å². The molecule has 1 atom stereocenters. The molecule has 0 radical (unpaired) electrons. The van der Waals surface area contributed by atoms with E-state index in [0.717, 1.165) is 17.5 Å². The van der Waals surface area contributed by atoms with E-state index in [0.29, 0.717) is 11.1 Å². The van der Waals surface area contributed by atoms with Gasteiger partial charge in [-0.05, 0) is 23.6 Å². The van der Waals surface area contributed by atoms with Crippen molar-refractivity contribution in [2.45, 2.75) is 23.5 Å². The summed E-state index contributed by atoms with van der Waals surface area (Å²) < 4.78 is 4.93. The third kappa shape index (κ3) is 1.41. The van der Waals surface area contributed by atoms with Gasteiger partial charge in [-0.15, -0.1) is 11.8 Å². The topological polar surface area (TPSA) is 52.0 Å². The highest BCUT2D eigenvalue weighted by Gasteiger charge is 2.23. The molecule has 0 spiro atoms. The monoisotopic (exact) mass is 232 g/mol. The summed E-state index contributed by atoms with van der Waals surface area (Å²) in [5.74, 6) is 0.401. The predicted molar refractivity (Wildman–Crippen MR) is 65.4 cm³/mol. The molecule has 0 bridgehead atoms. The largest absolute Gasteiger partial charge is 0.367 e. The summed E-state index contributed by atoms with van der Waals surface area (Å²) in [5.41, 5.74) is 9.20. The predicted octanol–water partition coefficient (Wildman–Crippen LogP) is 2.96. The van der Waals surface area contributed by atoms with E-state index in [-0.39, 0.29) is 0 Å². The van der Waals surface area contributed by atoms with Gasteiger partial charge >= 0.3 is 0 Å². The Balaban J connectivity index is 2.17. The summed E-state index contributed by atoms with van der Waals surface area (Å²) in [6.45, 7) is 2.24. The second kappa shape index (κ2) is 3.56. The van der Waals surface area contributed by atoms with Gasteiger partial charge in [0.05, 0.1) is 11.8 Å². The van der Waals surface area contributed by atoms with Gasteiger partial charge in [-0.1, -0.05) is 24.2 Å². The number of hydrogen-bond donors (Lipinski definition) is 1. The molecule has 3 nitrogen and oxygen atoms in total. The van der Waals surface area contributed by atoms with Crippen LogP contribution in [-0.4, -0.2) is 10.4 Å². The minimum atomic E-state index is 0.401. The van der Waals surface area contributed by atoms with Crippen molar-refractivity contribution >= 4 is 17.6 Å². The molecule has 82 valence electrons. The molecule has 1 aromatic carbocycles. The highest BCUT2D eigenvalue weighted by Crippen LogP contribution is 2.42. The van der Waals surface area contributed by atoms with Crippen molar-refractivity contribution in [2.24, 2.45) is 0 Å². The summed E-state index contributed by atoms with van der Waals surface area (Å²) in [4.78, 5) is 1.35. The number of thioether (sulfide) groups is 1. The van der Waals surface area contributed by atoms with Gasteiger partial charge < -0.3 is 10.3 Å². The van der Waals surface area contributed by atoms with E-state index >= 15 is 0 Å². The molecule has 1 aliphatic heterocycles. The highest BCUT2D eigenvalue weighted by molar-refractivity contribution is 8.00. The van der Waals surface area contributed by atoms with Crippen LogP contribution >= 0.6 is 11.8 Å². The van der Waals surface area contributed by atoms with Gasteiger partial charge in [0.15, 0.2) is 0 Å². The minimum absolute atomic E-state index is 0.401. The Morgan fingerprint density at radius 2 is 2.31 bits per heavy atom. The van der Waals surface area contributed by atoms with Gasteiger partial charge in [0.25, 0.3) is 0 Å². The Bertz CT molecular complexity index is 536. The van der Waals surface area contributed by atoms with E-state index in [4.69, 9.17) is 10.3 Å². The maximum atomic E-state index is 5.77. The zero-order valence-electron chi connectivity index (χ0n) is 8.93. The molecule has 2 N–H and O–H groups in total. The molecule has 3 rings (SSSR count). The number of nitrogens with zero attached hydrogens (tertiary/aromatic N) is 1. The first-order valence-corrected chi connectivity index (χ1v) is 6.12. The smallest absolute Gasteiger partial charge is 0.229 e. The van der Waals surface area contributed by atoms with E-state index in [9.17, 15) is 0 Å². The van der Waals surface area contributed by atoms with Gasteiger partial charge in [0.2, 0.25) is 5.88 Å². The zero-order chi connectivity index (χ0) is 11.1. The van der Waals surface area contributed by atoms with Crippen molar-refractivity contribution in [1.29, 1.82) is 0 Å². The summed E-state index contributed by atoms with van der Waals surface area (Å²) in [6.07, 6.45) is 2.78. The van der Waals surface area contributed by atoms with Crippen LogP contribution in [0.1, 0.15) is 12.5 Å². The molecule has 0 aliphatic carbocycles. The lowest BCUT2D eigenvalue weighted by Crippen LogP contribution is -1.94. The van der Waals surface area contributed by atoms with Gasteiger partial charge in [0.1, 0.15) is 0 Å². The minimum Gasteiger partial charge on any atom is -0.367 e. The fourth-order valence-electron chi connectivity index (χ4n) is 2.14. The van der Waals surface area contributed by atoms with Crippen molar-refractivity contribution in [3.63, 3.8) is 0 Å². The van der Waals surface area contributed by atoms with Crippen LogP contribution in [0, 0.1) is 0 Å². The normalized spacial score (nSPS) is 18.7. The van der Waals surface area contributed by atoms with Gasteiger partial charge in [-0.2, -0.15) is 0 Å². The molecule has 0 amide bonds. The molecule has 2 heterocycles. The molecule has 16 heavy (non-hydrogen) atoms. The molecule has 4 heteroatoms. The van der Waals surface area contributed by atoms with Crippen LogP contribution in [-0.2, 0) is 6.42 Å². The summed E-state index contributed by atoms with van der Waals surface area (Å²) in [7, 11) is 0. The number of benzene rings is 1. The fourth-order valence-corrected chi connectivity index (χ4v) is 3.31. The number of nitrogen functional groups attached to an aromatic ring is 1. The van der Waals surface area contributed by atoms with Crippen LogP contribution in [0.2, 0.25) is 0 Å². The van der Waals surface area contributed by atoms with Crippen molar-refractivity contribution < 1.29 is 4.52 Å². The van der Waals surface area contributed by atoms with E-state index in [1.807, 2.05) is 11.8 Å². The molecular weight excluding hydrogens is 220 g/mol. The number of rotatable bonds is 1. The second-order valence-electron chi connectivity index (χ2n) is 4.02.